The van der Waals surface area contributed by atoms with E-state index in [2.05, 4.69) is 17.4 Å². The normalized spacial score (nSPS) is 20.9. The molecule has 1 saturated heterocycles. The molecule has 18 heavy (non-hydrogen) atoms. The first-order valence-corrected chi connectivity index (χ1v) is 7.29. The average molecular weight is 268 g/mol. The second-order valence-electron chi connectivity index (χ2n) is 4.91. The summed E-state index contributed by atoms with van der Waals surface area (Å²) in [5.74, 6) is 0. The van der Waals surface area contributed by atoms with Crippen LogP contribution in [0.2, 0.25) is 0 Å². The van der Waals surface area contributed by atoms with Crippen molar-refractivity contribution in [2.24, 2.45) is 0 Å². The van der Waals surface area contributed by atoms with Gasteiger partial charge < -0.3 is 10.1 Å². The molecule has 2 rings (SSSR count). The zero-order chi connectivity index (χ0) is 12.8. The van der Waals surface area contributed by atoms with Crippen molar-refractivity contribution >= 4 is 17.3 Å². The lowest BCUT2D eigenvalue weighted by Gasteiger charge is -2.14. The van der Waals surface area contributed by atoms with Crippen LogP contribution in [0.4, 0.5) is 5.69 Å². The predicted octanol–water partition coefficient (Wildman–Crippen LogP) is 4.36. The van der Waals surface area contributed by atoms with Crippen LogP contribution in [0.25, 0.3) is 0 Å². The van der Waals surface area contributed by atoms with Gasteiger partial charge in [-0.1, -0.05) is 18.2 Å². The van der Waals surface area contributed by atoms with Gasteiger partial charge in [-0.05, 0) is 44.2 Å². The quantitative estimate of drug-likeness (QED) is 0.611. The number of nitrogens with one attached hydrogen (secondary N) is 1. The Balaban J connectivity index is 1.75. The number of rotatable bonds is 6. The highest BCUT2D eigenvalue weighted by molar-refractivity contribution is 6.21. The van der Waals surface area contributed by atoms with Gasteiger partial charge in [0.25, 0.3) is 0 Å². The number of ether oxygens (including phenoxy) is 1. The fourth-order valence-corrected chi connectivity index (χ4v) is 2.62. The van der Waals surface area contributed by atoms with Crippen molar-refractivity contribution in [3.8, 4) is 0 Å². The molecule has 1 heterocycles. The van der Waals surface area contributed by atoms with E-state index >= 15 is 0 Å². The summed E-state index contributed by atoms with van der Waals surface area (Å²) in [7, 11) is 0. The maximum atomic E-state index is 6.16. The first-order valence-electron chi connectivity index (χ1n) is 6.86. The van der Waals surface area contributed by atoms with E-state index in [1.165, 1.54) is 18.4 Å². The molecular formula is C15H22ClNO. The van der Waals surface area contributed by atoms with Crippen LogP contribution in [0.3, 0.4) is 0 Å². The molecule has 3 heteroatoms. The summed E-state index contributed by atoms with van der Waals surface area (Å²) in [6.45, 7) is 3.94. The predicted molar refractivity (Wildman–Crippen MR) is 77.4 cm³/mol. The van der Waals surface area contributed by atoms with Crippen LogP contribution in [-0.4, -0.2) is 19.3 Å². The minimum Gasteiger partial charge on any atom is -0.385 e. The lowest BCUT2D eigenvalue weighted by molar-refractivity contribution is 0.103. The minimum absolute atomic E-state index is 0.0480. The molecule has 0 aliphatic carbocycles. The lowest BCUT2D eigenvalue weighted by Crippen LogP contribution is -2.10. The molecule has 100 valence electrons. The molecule has 0 spiro atoms. The molecule has 2 unspecified atom stereocenters. The van der Waals surface area contributed by atoms with Crippen LogP contribution in [0.1, 0.15) is 43.5 Å². The Morgan fingerprint density at radius 3 is 3.00 bits per heavy atom. The van der Waals surface area contributed by atoms with Crippen LogP contribution in [0.5, 0.6) is 0 Å². The Morgan fingerprint density at radius 1 is 1.44 bits per heavy atom. The summed E-state index contributed by atoms with van der Waals surface area (Å²) in [5.41, 5.74) is 2.34. The zero-order valence-electron chi connectivity index (χ0n) is 11.0. The fourth-order valence-electron chi connectivity index (χ4n) is 2.43. The number of anilines is 1. The van der Waals surface area contributed by atoms with Crippen LogP contribution in [0, 0.1) is 0 Å². The maximum Gasteiger partial charge on any atom is 0.0577 e. The van der Waals surface area contributed by atoms with Gasteiger partial charge in [0.1, 0.15) is 0 Å². The van der Waals surface area contributed by atoms with Crippen molar-refractivity contribution in [2.75, 3.05) is 18.5 Å². The van der Waals surface area contributed by atoms with Gasteiger partial charge in [-0.25, -0.2) is 0 Å². The van der Waals surface area contributed by atoms with E-state index in [1.54, 1.807) is 0 Å². The number of alkyl halides is 1. The number of hydrogen-bond donors (Lipinski definition) is 1. The summed E-state index contributed by atoms with van der Waals surface area (Å²) in [6, 6.07) is 8.26. The molecule has 1 aliphatic rings. The van der Waals surface area contributed by atoms with Crippen molar-refractivity contribution in [3.63, 3.8) is 0 Å². The van der Waals surface area contributed by atoms with E-state index in [0.29, 0.717) is 6.10 Å². The highest BCUT2D eigenvalue weighted by Crippen LogP contribution is 2.27. The molecule has 0 amide bonds. The van der Waals surface area contributed by atoms with E-state index < -0.39 is 0 Å². The van der Waals surface area contributed by atoms with E-state index in [-0.39, 0.29) is 5.38 Å². The average Bonchev–Trinajstić information content (AvgIpc) is 2.88. The Kier molecular flexibility index (Phi) is 5.33. The SMILES string of the molecule is CC(Cl)c1ccccc1NCCCC1CCCO1. The summed E-state index contributed by atoms with van der Waals surface area (Å²) in [6.07, 6.45) is 5.26. The lowest BCUT2D eigenvalue weighted by atomic mass is 10.1. The third kappa shape index (κ3) is 3.89. The number of hydrogen-bond acceptors (Lipinski definition) is 2. The summed E-state index contributed by atoms with van der Waals surface area (Å²) < 4.78 is 5.62. The van der Waals surface area contributed by atoms with E-state index in [9.17, 15) is 0 Å². The standard InChI is InChI=1S/C15H22ClNO/c1-12(16)14-8-2-3-9-15(14)17-10-4-6-13-7-5-11-18-13/h2-3,8-9,12-13,17H,4-7,10-11H2,1H3. The largest absolute Gasteiger partial charge is 0.385 e. The maximum absolute atomic E-state index is 6.16. The van der Waals surface area contributed by atoms with E-state index in [1.807, 2.05) is 19.1 Å². The molecule has 2 atom stereocenters. The molecule has 1 fully saturated rings. The van der Waals surface area contributed by atoms with Crippen molar-refractivity contribution < 1.29 is 4.74 Å². The second-order valence-corrected chi connectivity index (χ2v) is 5.56. The molecule has 0 radical (unpaired) electrons. The fraction of sp³-hybridized carbons (Fsp3) is 0.600. The van der Waals surface area contributed by atoms with Gasteiger partial charge in [0.05, 0.1) is 11.5 Å². The second kappa shape index (κ2) is 7.01. The molecule has 1 aromatic carbocycles. The Bertz CT molecular complexity index is 361. The third-order valence-corrected chi connectivity index (χ3v) is 3.67. The zero-order valence-corrected chi connectivity index (χ0v) is 11.7. The monoisotopic (exact) mass is 267 g/mol. The summed E-state index contributed by atoms with van der Waals surface area (Å²) >= 11 is 6.16. The van der Waals surface area contributed by atoms with Crippen LogP contribution in [0.15, 0.2) is 24.3 Å². The smallest absolute Gasteiger partial charge is 0.0577 e. The van der Waals surface area contributed by atoms with Crippen LogP contribution >= 0.6 is 11.6 Å². The molecule has 0 saturated carbocycles. The Hall–Kier alpha value is -0.730. The molecule has 1 aliphatic heterocycles. The van der Waals surface area contributed by atoms with Gasteiger partial charge in [-0.3, -0.25) is 0 Å². The number of halogens is 1. The summed E-state index contributed by atoms with van der Waals surface area (Å²) in [5, 5.41) is 3.53. The summed E-state index contributed by atoms with van der Waals surface area (Å²) in [4.78, 5) is 0. The van der Waals surface area contributed by atoms with Gasteiger partial charge in [-0.2, -0.15) is 0 Å². The van der Waals surface area contributed by atoms with Crippen molar-refractivity contribution in [2.45, 2.75) is 44.1 Å². The molecule has 0 bridgehead atoms. The molecule has 2 nitrogen and oxygen atoms in total. The van der Waals surface area contributed by atoms with Gasteiger partial charge in [0.2, 0.25) is 0 Å². The first kappa shape index (κ1) is 13.7. The van der Waals surface area contributed by atoms with Gasteiger partial charge in [0, 0.05) is 18.8 Å². The van der Waals surface area contributed by atoms with E-state index in [4.69, 9.17) is 16.3 Å². The van der Waals surface area contributed by atoms with Crippen LogP contribution < -0.4 is 5.32 Å². The van der Waals surface area contributed by atoms with Crippen LogP contribution in [-0.2, 0) is 4.74 Å². The molecule has 1 N–H and O–H groups in total. The number of benzene rings is 1. The van der Waals surface area contributed by atoms with E-state index in [0.717, 1.165) is 31.7 Å². The van der Waals surface area contributed by atoms with Gasteiger partial charge >= 0.3 is 0 Å². The molecule has 1 aromatic rings. The van der Waals surface area contributed by atoms with Gasteiger partial charge in [0.15, 0.2) is 0 Å². The highest BCUT2D eigenvalue weighted by Gasteiger charge is 2.14. The van der Waals surface area contributed by atoms with Gasteiger partial charge in [-0.15, -0.1) is 11.6 Å². The highest BCUT2D eigenvalue weighted by atomic mass is 35.5. The number of para-hydroxylation sites is 1. The van der Waals surface area contributed by atoms with Crippen molar-refractivity contribution in [3.05, 3.63) is 29.8 Å². The Labute approximate surface area is 115 Å². The Morgan fingerprint density at radius 2 is 2.28 bits per heavy atom. The molecule has 0 aromatic heterocycles. The van der Waals surface area contributed by atoms with Crippen molar-refractivity contribution in [1.82, 2.24) is 0 Å². The van der Waals surface area contributed by atoms with Crippen molar-refractivity contribution in [1.29, 1.82) is 0 Å². The minimum atomic E-state index is 0.0480. The molecular weight excluding hydrogens is 246 g/mol. The topological polar surface area (TPSA) is 21.3 Å². The third-order valence-electron chi connectivity index (χ3n) is 3.43. The first-order chi connectivity index (χ1) is 8.77.